The molecule has 0 aliphatic carbocycles. The number of aromatic nitrogens is 2. The zero-order valence-electron chi connectivity index (χ0n) is 17.7. The summed E-state index contributed by atoms with van der Waals surface area (Å²) in [7, 11) is 0. The molecule has 1 amide bonds. The second-order valence-electron chi connectivity index (χ2n) is 8.06. The average molecular weight is 416 g/mol. The Kier molecular flexibility index (Phi) is 7.09. The molecule has 1 aromatic heterocycles. The molecule has 0 radical (unpaired) electrons. The number of nitrogens with zero attached hydrogens (tertiary/aromatic N) is 4. The van der Waals surface area contributed by atoms with Crippen molar-refractivity contribution in [2.45, 2.75) is 34.1 Å². The van der Waals surface area contributed by atoms with E-state index in [0.717, 1.165) is 49.9 Å². The van der Waals surface area contributed by atoms with Crippen LogP contribution >= 0.6 is 11.6 Å². The van der Waals surface area contributed by atoms with E-state index in [-0.39, 0.29) is 5.91 Å². The summed E-state index contributed by atoms with van der Waals surface area (Å²) in [6.45, 7) is 12.1. The molecule has 1 aliphatic heterocycles. The van der Waals surface area contributed by atoms with Crippen LogP contribution in [0.3, 0.4) is 0 Å². The molecule has 1 aliphatic rings. The highest BCUT2D eigenvalue weighted by atomic mass is 35.5. The standard InChI is InChI=1S/C22H30ClN5O/c1-15(2)13-18-16(3)24-22(25-17(18)4)28-11-9-27(10-12-28)14-21(29)26-20-8-6-5-7-19(20)23/h5-8,15H,9-14H2,1-4H3,(H,26,29). The van der Waals surface area contributed by atoms with Crippen LogP contribution in [-0.2, 0) is 11.2 Å². The number of piperazine rings is 1. The molecule has 1 aromatic carbocycles. The van der Waals surface area contributed by atoms with E-state index in [1.807, 2.05) is 18.2 Å². The molecule has 0 saturated carbocycles. The number of carbonyl (C=O) groups excluding carboxylic acids is 1. The Balaban J connectivity index is 1.55. The summed E-state index contributed by atoms with van der Waals surface area (Å²) in [5.74, 6) is 1.34. The highest BCUT2D eigenvalue weighted by Gasteiger charge is 2.22. The lowest BCUT2D eigenvalue weighted by Gasteiger charge is -2.34. The van der Waals surface area contributed by atoms with Crippen LogP contribution in [0.2, 0.25) is 5.02 Å². The first-order chi connectivity index (χ1) is 13.8. The first kappa shape index (κ1) is 21.5. The summed E-state index contributed by atoms with van der Waals surface area (Å²) in [5.41, 5.74) is 4.06. The number of hydrogen-bond donors (Lipinski definition) is 1. The van der Waals surface area contributed by atoms with E-state index in [0.29, 0.717) is 23.2 Å². The highest BCUT2D eigenvalue weighted by molar-refractivity contribution is 6.33. The fraction of sp³-hybridized carbons (Fsp3) is 0.500. The lowest BCUT2D eigenvalue weighted by Crippen LogP contribution is -2.49. The van der Waals surface area contributed by atoms with E-state index < -0.39 is 0 Å². The number of amides is 1. The Morgan fingerprint density at radius 1 is 1.10 bits per heavy atom. The number of hydrogen-bond acceptors (Lipinski definition) is 5. The molecule has 1 N–H and O–H groups in total. The number of para-hydroxylation sites is 1. The van der Waals surface area contributed by atoms with Gasteiger partial charge in [0.05, 0.1) is 17.3 Å². The summed E-state index contributed by atoms with van der Waals surface area (Å²) >= 11 is 6.11. The number of anilines is 2. The molecule has 29 heavy (non-hydrogen) atoms. The van der Waals surface area contributed by atoms with Crippen LogP contribution < -0.4 is 10.2 Å². The third kappa shape index (κ3) is 5.67. The Labute approximate surface area is 178 Å². The molecule has 0 bridgehead atoms. The second-order valence-corrected chi connectivity index (χ2v) is 8.47. The molecule has 156 valence electrons. The Bertz CT molecular complexity index is 839. The van der Waals surface area contributed by atoms with Gasteiger partial charge in [-0.25, -0.2) is 9.97 Å². The minimum absolute atomic E-state index is 0.0486. The van der Waals surface area contributed by atoms with Gasteiger partial charge < -0.3 is 10.2 Å². The minimum atomic E-state index is -0.0486. The van der Waals surface area contributed by atoms with Crippen LogP contribution in [0.5, 0.6) is 0 Å². The van der Waals surface area contributed by atoms with Gasteiger partial charge >= 0.3 is 0 Å². The van der Waals surface area contributed by atoms with Crippen molar-refractivity contribution < 1.29 is 4.79 Å². The Hall–Kier alpha value is -2.18. The van der Waals surface area contributed by atoms with E-state index in [1.54, 1.807) is 6.07 Å². The zero-order chi connectivity index (χ0) is 21.0. The number of rotatable bonds is 6. The van der Waals surface area contributed by atoms with Crippen LogP contribution in [0, 0.1) is 19.8 Å². The zero-order valence-corrected chi connectivity index (χ0v) is 18.5. The van der Waals surface area contributed by atoms with Crippen LogP contribution in [0.4, 0.5) is 11.6 Å². The maximum absolute atomic E-state index is 12.3. The van der Waals surface area contributed by atoms with Crippen molar-refractivity contribution in [3.63, 3.8) is 0 Å². The number of aryl methyl sites for hydroxylation is 2. The molecule has 7 heteroatoms. The fourth-order valence-electron chi connectivity index (χ4n) is 3.63. The fourth-order valence-corrected chi connectivity index (χ4v) is 3.81. The van der Waals surface area contributed by atoms with Gasteiger partial charge in [0.2, 0.25) is 11.9 Å². The van der Waals surface area contributed by atoms with Gasteiger partial charge in [0.1, 0.15) is 0 Å². The molecule has 0 atom stereocenters. The maximum atomic E-state index is 12.3. The molecule has 6 nitrogen and oxygen atoms in total. The van der Waals surface area contributed by atoms with E-state index in [2.05, 4.69) is 42.8 Å². The molecule has 0 spiro atoms. The van der Waals surface area contributed by atoms with Crippen LogP contribution in [0.25, 0.3) is 0 Å². The van der Waals surface area contributed by atoms with Gasteiger partial charge in [-0.1, -0.05) is 37.6 Å². The normalized spacial score (nSPS) is 15.0. The molecular formula is C22H30ClN5O. The van der Waals surface area contributed by atoms with Gasteiger partial charge in [-0.3, -0.25) is 9.69 Å². The molecule has 2 heterocycles. The van der Waals surface area contributed by atoms with Crippen LogP contribution in [0.15, 0.2) is 24.3 Å². The van der Waals surface area contributed by atoms with E-state index in [4.69, 9.17) is 21.6 Å². The van der Waals surface area contributed by atoms with Gasteiger partial charge in [0.25, 0.3) is 0 Å². The molecule has 3 rings (SSSR count). The minimum Gasteiger partial charge on any atom is -0.338 e. The number of benzene rings is 1. The van der Waals surface area contributed by atoms with Gasteiger partial charge in [0.15, 0.2) is 0 Å². The van der Waals surface area contributed by atoms with Gasteiger partial charge in [-0.05, 0) is 43.9 Å². The first-order valence-corrected chi connectivity index (χ1v) is 10.6. The van der Waals surface area contributed by atoms with Gasteiger partial charge in [0, 0.05) is 37.6 Å². The first-order valence-electron chi connectivity index (χ1n) is 10.2. The van der Waals surface area contributed by atoms with E-state index >= 15 is 0 Å². The summed E-state index contributed by atoms with van der Waals surface area (Å²) < 4.78 is 0. The summed E-state index contributed by atoms with van der Waals surface area (Å²) in [5, 5.41) is 3.44. The maximum Gasteiger partial charge on any atom is 0.238 e. The van der Waals surface area contributed by atoms with Crippen LogP contribution in [-0.4, -0.2) is 53.5 Å². The molecule has 1 fully saturated rings. The average Bonchev–Trinajstić information content (AvgIpc) is 2.67. The largest absolute Gasteiger partial charge is 0.338 e. The van der Waals surface area contributed by atoms with Gasteiger partial charge in [-0.2, -0.15) is 0 Å². The van der Waals surface area contributed by atoms with E-state index in [1.165, 1.54) is 5.56 Å². The third-order valence-corrected chi connectivity index (χ3v) is 5.52. The summed E-state index contributed by atoms with van der Waals surface area (Å²) in [4.78, 5) is 26.2. The Morgan fingerprint density at radius 3 is 2.31 bits per heavy atom. The molecule has 1 saturated heterocycles. The molecule has 2 aromatic rings. The lowest BCUT2D eigenvalue weighted by molar-refractivity contribution is -0.117. The highest BCUT2D eigenvalue weighted by Crippen LogP contribution is 2.21. The Morgan fingerprint density at radius 2 is 1.72 bits per heavy atom. The number of halogens is 1. The monoisotopic (exact) mass is 415 g/mol. The van der Waals surface area contributed by atoms with Crippen molar-refractivity contribution in [1.29, 1.82) is 0 Å². The number of nitrogens with one attached hydrogen (secondary N) is 1. The third-order valence-electron chi connectivity index (χ3n) is 5.19. The van der Waals surface area contributed by atoms with Crippen molar-refractivity contribution in [2.75, 3.05) is 42.9 Å². The van der Waals surface area contributed by atoms with Crippen molar-refractivity contribution in [1.82, 2.24) is 14.9 Å². The van der Waals surface area contributed by atoms with Gasteiger partial charge in [-0.15, -0.1) is 0 Å². The predicted octanol–water partition coefficient (Wildman–Crippen LogP) is 3.71. The van der Waals surface area contributed by atoms with Crippen LogP contribution in [0.1, 0.15) is 30.8 Å². The SMILES string of the molecule is Cc1nc(N2CCN(CC(=O)Nc3ccccc3Cl)CC2)nc(C)c1CC(C)C. The van der Waals surface area contributed by atoms with Crippen molar-refractivity contribution in [3.05, 3.63) is 46.2 Å². The van der Waals surface area contributed by atoms with E-state index in [9.17, 15) is 4.79 Å². The molecular weight excluding hydrogens is 386 g/mol. The lowest BCUT2D eigenvalue weighted by atomic mass is 10.0. The quantitative estimate of drug-likeness (QED) is 0.779. The smallest absolute Gasteiger partial charge is 0.238 e. The number of carbonyl (C=O) groups is 1. The topological polar surface area (TPSA) is 61.4 Å². The predicted molar refractivity (Wildman–Crippen MR) is 119 cm³/mol. The van der Waals surface area contributed by atoms with Crippen molar-refractivity contribution >= 4 is 29.1 Å². The molecule has 0 unspecified atom stereocenters. The van der Waals surface area contributed by atoms with Crippen molar-refractivity contribution in [3.8, 4) is 0 Å². The van der Waals surface area contributed by atoms with Crippen molar-refractivity contribution in [2.24, 2.45) is 5.92 Å². The summed E-state index contributed by atoms with van der Waals surface area (Å²) in [6.07, 6.45) is 1.01. The second kappa shape index (κ2) is 9.55. The summed E-state index contributed by atoms with van der Waals surface area (Å²) in [6, 6.07) is 7.28.